The van der Waals surface area contributed by atoms with Crippen LogP contribution in [0.25, 0.3) is 0 Å². The molecule has 138 valence electrons. The zero-order valence-electron chi connectivity index (χ0n) is 13.3. The van der Waals surface area contributed by atoms with Crippen molar-refractivity contribution < 1.29 is 27.8 Å². The summed E-state index contributed by atoms with van der Waals surface area (Å²) in [5.41, 5.74) is -3.33. The number of aliphatic hydroxyl groups is 1. The van der Waals surface area contributed by atoms with E-state index in [-0.39, 0.29) is 27.9 Å². The van der Waals surface area contributed by atoms with E-state index in [9.17, 15) is 23.1 Å². The lowest BCUT2D eigenvalue weighted by Gasteiger charge is -2.33. The van der Waals surface area contributed by atoms with Gasteiger partial charge in [-0.05, 0) is 31.5 Å². The largest absolute Gasteiger partial charge is 0.479 e. The standard InChI is InChI=1S/C15H15Cl2F3N2O3/c1-3-10-7-14(24,15(18,19)20)22(21-10)13(23)8(2)25-12-5-4-9(16)6-11(12)17/h4-6,8,24H,3,7H2,1-2H3/t8-,14-/m1/s1. The van der Waals surface area contributed by atoms with E-state index in [1.165, 1.54) is 25.1 Å². The van der Waals surface area contributed by atoms with Crippen LogP contribution < -0.4 is 4.74 Å². The molecule has 0 spiro atoms. The van der Waals surface area contributed by atoms with Gasteiger partial charge in [-0.3, -0.25) is 4.79 Å². The first-order chi connectivity index (χ1) is 11.5. The summed E-state index contributed by atoms with van der Waals surface area (Å²) in [5, 5.41) is 14.1. The zero-order chi connectivity index (χ0) is 19.0. The van der Waals surface area contributed by atoms with Crippen molar-refractivity contribution in [2.75, 3.05) is 0 Å². The Morgan fingerprint density at radius 2 is 2.12 bits per heavy atom. The van der Waals surface area contributed by atoms with Crippen LogP contribution in [0.3, 0.4) is 0 Å². The smallest absolute Gasteiger partial charge is 0.438 e. The number of hydrogen-bond donors (Lipinski definition) is 1. The third kappa shape index (κ3) is 3.86. The molecule has 0 saturated carbocycles. The molecule has 2 atom stereocenters. The third-order valence-electron chi connectivity index (χ3n) is 3.66. The van der Waals surface area contributed by atoms with Crippen LogP contribution >= 0.6 is 23.2 Å². The molecule has 0 aliphatic carbocycles. The number of halogens is 5. The van der Waals surface area contributed by atoms with E-state index < -0.39 is 30.3 Å². The molecule has 0 unspecified atom stereocenters. The second-order valence-electron chi connectivity index (χ2n) is 5.50. The Balaban J connectivity index is 2.26. The van der Waals surface area contributed by atoms with Gasteiger partial charge in [0.25, 0.3) is 11.6 Å². The van der Waals surface area contributed by atoms with Crippen molar-refractivity contribution in [2.45, 2.75) is 44.7 Å². The lowest BCUT2D eigenvalue weighted by atomic mass is 10.0. The number of carbonyl (C=O) groups excluding carboxylic acids is 1. The van der Waals surface area contributed by atoms with Gasteiger partial charge in [-0.1, -0.05) is 30.1 Å². The summed E-state index contributed by atoms with van der Waals surface area (Å²) in [6.45, 7) is 2.82. The van der Waals surface area contributed by atoms with Crippen LogP contribution in [0.2, 0.25) is 10.0 Å². The van der Waals surface area contributed by atoms with Crippen LogP contribution in [-0.2, 0) is 4.79 Å². The zero-order valence-corrected chi connectivity index (χ0v) is 14.8. The maximum Gasteiger partial charge on any atom is 0.438 e. The maximum absolute atomic E-state index is 13.3. The minimum atomic E-state index is -5.07. The van der Waals surface area contributed by atoms with Gasteiger partial charge < -0.3 is 9.84 Å². The molecule has 2 rings (SSSR count). The first kappa shape index (κ1) is 19.8. The Morgan fingerprint density at radius 1 is 1.48 bits per heavy atom. The molecular weight excluding hydrogens is 384 g/mol. The molecule has 5 nitrogen and oxygen atoms in total. The average Bonchev–Trinajstić information content (AvgIpc) is 2.87. The summed E-state index contributed by atoms with van der Waals surface area (Å²) in [6, 6.07) is 4.20. The molecule has 10 heteroatoms. The molecular formula is C15H15Cl2F3N2O3. The summed E-state index contributed by atoms with van der Waals surface area (Å²) in [4.78, 5) is 12.4. The number of ether oxygens (including phenoxy) is 1. The summed E-state index contributed by atoms with van der Waals surface area (Å²) < 4.78 is 45.1. The lowest BCUT2D eigenvalue weighted by Crippen LogP contribution is -2.58. The summed E-state index contributed by atoms with van der Waals surface area (Å²) in [5.74, 6) is -1.07. The molecule has 1 N–H and O–H groups in total. The first-order valence-electron chi connectivity index (χ1n) is 7.31. The van der Waals surface area contributed by atoms with Crippen LogP contribution in [0.1, 0.15) is 26.7 Å². The summed E-state index contributed by atoms with van der Waals surface area (Å²) >= 11 is 11.7. The van der Waals surface area contributed by atoms with Crippen molar-refractivity contribution in [3.05, 3.63) is 28.2 Å². The highest BCUT2D eigenvalue weighted by Crippen LogP contribution is 2.41. The number of amides is 1. The highest BCUT2D eigenvalue weighted by molar-refractivity contribution is 6.35. The monoisotopic (exact) mass is 398 g/mol. The lowest BCUT2D eigenvalue weighted by molar-refractivity contribution is -0.303. The fourth-order valence-corrected chi connectivity index (χ4v) is 2.70. The van der Waals surface area contributed by atoms with Crippen molar-refractivity contribution in [1.82, 2.24) is 5.01 Å². The number of nitrogens with zero attached hydrogens (tertiary/aromatic N) is 2. The fraction of sp³-hybridized carbons (Fsp3) is 0.467. The number of hydrogen-bond acceptors (Lipinski definition) is 4. The summed E-state index contributed by atoms with van der Waals surface area (Å²) in [6.07, 6.45) is -7.07. The van der Waals surface area contributed by atoms with Gasteiger partial charge in [-0.15, -0.1) is 0 Å². The number of rotatable bonds is 4. The predicted octanol–water partition coefficient (Wildman–Crippen LogP) is 4.01. The van der Waals surface area contributed by atoms with Gasteiger partial charge in [-0.2, -0.15) is 23.3 Å². The molecule has 1 heterocycles. The van der Waals surface area contributed by atoms with Gasteiger partial charge in [0.15, 0.2) is 6.10 Å². The quantitative estimate of drug-likeness (QED) is 0.833. The Morgan fingerprint density at radius 3 is 2.64 bits per heavy atom. The molecule has 25 heavy (non-hydrogen) atoms. The Kier molecular flexibility index (Phi) is 5.56. The summed E-state index contributed by atoms with van der Waals surface area (Å²) in [7, 11) is 0. The van der Waals surface area contributed by atoms with Gasteiger partial charge in [0.05, 0.1) is 5.02 Å². The topological polar surface area (TPSA) is 62.1 Å². The molecule has 0 bridgehead atoms. The molecule has 1 aliphatic rings. The minimum Gasteiger partial charge on any atom is -0.479 e. The molecule has 0 fully saturated rings. The molecule has 0 radical (unpaired) electrons. The van der Waals surface area contributed by atoms with Crippen LogP contribution in [0.15, 0.2) is 23.3 Å². The van der Waals surface area contributed by atoms with Crippen LogP contribution in [-0.4, -0.2) is 39.7 Å². The number of benzene rings is 1. The van der Waals surface area contributed by atoms with Crippen molar-refractivity contribution in [2.24, 2.45) is 5.10 Å². The number of carbonyl (C=O) groups is 1. The third-order valence-corrected chi connectivity index (χ3v) is 4.19. The molecule has 1 aliphatic heterocycles. The maximum atomic E-state index is 13.3. The first-order valence-corrected chi connectivity index (χ1v) is 8.06. The van der Waals surface area contributed by atoms with E-state index in [2.05, 4.69) is 5.10 Å². The predicted molar refractivity (Wildman–Crippen MR) is 86.7 cm³/mol. The van der Waals surface area contributed by atoms with Gasteiger partial charge in [0, 0.05) is 17.2 Å². The van der Waals surface area contributed by atoms with Crippen LogP contribution in [0, 0.1) is 0 Å². The van der Waals surface area contributed by atoms with E-state index in [0.717, 1.165) is 0 Å². The SMILES string of the molecule is CCC1=NN(C(=O)[C@@H](C)Oc2ccc(Cl)cc2Cl)[C@](O)(C(F)(F)F)C1. The molecule has 1 aromatic carbocycles. The molecule has 1 amide bonds. The van der Waals surface area contributed by atoms with Crippen molar-refractivity contribution in [3.8, 4) is 5.75 Å². The van der Waals surface area contributed by atoms with Gasteiger partial charge in [-0.25, -0.2) is 0 Å². The second kappa shape index (κ2) is 7.01. The highest BCUT2D eigenvalue weighted by atomic mass is 35.5. The Labute approximate surface area is 152 Å². The van der Waals surface area contributed by atoms with E-state index in [4.69, 9.17) is 27.9 Å². The van der Waals surface area contributed by atoms with E-state index in [0.29, 0.717) is 5.02 Å². The van der Waals surface area contributed by atoms with Crippen LogP contribution in [0.5, 0.6) is 5.75 Å². The van der Waals surface area contributed by atoms with Crippen molar-refractivity contribution >= 4 is 34.8 Å². The Hall–Kier alpha value is -1.51. The van der Waals surface area contributed by atoms with E-state index in [1.807, 2.05) is 0 Å². The second-order valence-corrected chi connectivity index (χ2v) is 6.34. The van der Waals surface area contributed by atoms with Crippen LogP contribution in [0.4, 0.5) is 13.2 Å². The van der Waals surface area contributed by atoms with Crippen molar-refractivity contribution in [1.29, 1.82) is 0 Å². The number of hydrazone groups is 1. The molecule has 1 aromatic rings. The van der Waals surface area contributed by atoms with Gasteiger partial charge in [0.2, 0.25) is 0 Å². The average molecular weight is 399 g/mol. The van der Waals surface area contributed by atoms with E-state index >= 15 is 0 Å². The molecule has 0 aromatic heterocycles. The normalized spacial score (nSPS) is 21.9. The van der Waals surface area contributed by atoms with E-state index in [1.54, 1.807) is 6.92 Å². The number of alkyl halides is 3. The molecule has 0 saturated heterocycles. The van der Waals surface area contributed by atoms with Gasteiger partial charge >= 0.3 is 6.18 Å². The van der Waals surface area contributed by atoms with Crippen molar-refractivity contribution in [3.63, 3.8) is 0 Å². The highest BCUT2D eigenvalue weighted by Gasteiger charge is 2.63. The minimum absolute atomic E-state index is 0.0420. The fourth-order valence-electron chi connectivity index (χ4n) is 2.25. The van der Waals surface area contributed by atoms with Gasteiger partial charge in [0.1, 0.15) is 5.75 Å². The Bertz CT molecular complexity index is 712.